The molecule has 0 aliphatic carbocycles. The van der Waals surface area contributed by atoms with Crippen molar-refractivity contribution in [3.8, 4) is 5.69 Å². The van der Waals surface area contributed by atoms with E-state index in [2.05, 4.69) is 5.10 Å². The molecule has 0 saturated carbocycles. The monoisotopic (exact) mass is 284 g/mol. The Morgan fingerprint density at radius 1 is 1.20 bits per heavy atom. The molecule has 0 amide bonds. The predicted octanol–water partition coefficient (Wildman–Crippen LogP) is 1.95. The number of rotatable bonds is 2. The van der Waals surface area contributed by atoms with Crippen molar-refractivity contribution < 1.29 is 23.1 Å². The standard InChI is InChI=1S/C12H7F3N2O3/c13-12(14,15)7-3-1-2-4-8(7)17-6-5-9(18)10(16-17)11(19)20/h1-6H,(H,19,20). The molecule has 20 heavy (non-hydrogen) atoms. The molecular formula is C12H7F3N2O3. The van der Waals surface area contributed by atoms with Crippen molar-refractivity contribution in [3.63, 3.8) is 0 Å². The minimum absolute atomic E-state index is 0.359. The molecule has 2 aromatic rings. The summed E-state index contributed by atoms with van der Waals surface area (Å²) in [6, 6.07) is 5.38. The molecule has 0 aliphatic rings. The van der Waals surface area contributed by atoms with Crippen molar-refractivity contribution in [2.24, 2.45) is 0 Å². The minimum atomic E-state index is -4.62. The molecule has 0 fully saturated rings. The molecule has 0 radical (unpaired) electrons. The number of hydrogen-bond acceptors (Lipinski definition) is 3. The maximum absolute atomic E-state index is 12.9. The molecule has 0 bridgehead atoms. The van der Waals surface area contributed by atoms with Crippen LogP contribution in [-0.4, -0.2) is 20.9 Å². The Hall–Kier alpha value is -2.64. The Balaban J connectivity index is 2.67. The number of aromatic nitrogens is 2. The second-order valence-electron chi connectivity index (χ2n) is 3.79. The van der Waals surface area contributed by atoms with Crippen LogP contribution in [0.2, 0.25) is 0 Å². The summed E-state index contributed by atoms with van der Waals surface area (Å²) in [7, 11) is 0. The van der Waals surface area contributed by atoms with Gasteiger partial charge < -0.3 is 5.11 Å². The van der Waals surface area contributed by atoms with Crippen molar-refractivity contribution in [1.82, 2.24) is 9.78 Å². The highest BCUT2D eigenvalue weighted by Gasteiger charge is 2.33. The van der Waals surface area contributed by atoms with E-state index in [1.54, 1.807) is 0 Å². The Bertz CT molecular complexity index is 722. The van der Waals surface area contributed by atoms with Crippen molar-refractivity contribution >= 4 is 5.97 Å². The van der Waals surface area contributed by atoms with Crippen molar-refractivity contribution in [1.29, 1.82) is 0 Å². The number of hydrogen-bond donors (Lipinski definition) is 1. The summed E-state index contributed by atoms with van der Waals surface area (Å²) in [5, 5.41) is 12.2. The van der Waals surface area contributed by atoms with Gasteiger partial charge in [0.15, 0.2) is 0 Å². The number of nitrogens with zero attached hydrogens (tertiary/aromatic N) is 2. The van der Waals surface area contributed by atoms with E-state index in [0.29, 0.717) is 4.68 Å². The second-order valence-corrected chi connectivity index (χ2v) is 3.79. The average Bonchev–Trinajstić information content (AvgIpc) is 2.38. The van der Waals surface area contributed by atoms with E-state index in [1.165, 1.54) is 12.1 Å². The topological polar surface area (TPSA) is 72.2 Å². The Kier molecular flexibility index (Phi) is 3.31. The van der Waals surface area contributed by atoms with Gasteiger partial charge in [0, 0.05) is 12.3 Å². The molecule has 1 heterocycles. The molecule has 1 aromatic carbocycles. The van der Waals surface area contributed by atoms with Crippen molar-refractivity contribution in [2.45, 2.75) is 6.18 Å². The van der Waals surface area contributed by atoms with Gasteiger partial charge in [0.1, 0.15) is 0 Å². The molecule has 0 atom stereocenters. The SMILES string of the molecule is O=C(O)c1nn(-c2ccccc2C(F)(F)F)ccc1=O. The first-order valence-corrected chi connectivity index (χ1v) is 5.30. The second kappa shape index (κ2) is 4.80. The zero-order chi connectivity index (χ0) is 14.9. The fraction of sp³-hybridized carbons (Fsp3) is 0.0833. The van der Waals surface area contributed by atoms with Gasteiger partial charge >= 0.3 is 12.1 Å². The highest BCUT2D eigenvalue weighted by Crippen LogP contribution is 2.33. The van der Waals surface area contributed by atoms with Crippen molar-refractivity contribution in [2.75, 3.05) is 0 Å². The number of halogens is 3. The first-order chi connectivity index (χ1) is 9.30. The number of carboxylic acid groups (broad SMARTS) is 1. The van der Waals surface area contributed by atoms with Gasteiger partial charge in [-0.3, -0.25) is 4.79 Å². The summed E-state index contributed by atoms with van der Waals surface area (Å²) < 4.78 is 39.3. The van der Waals surface area contributed by atoms with Crippen LogP contribution in [0.5, 0.6) is 0 Å². The number of para-hydroxylation sites is 1. The van der Waals surface area contributed by atoms with Crippen LogP contribution in [0.3, 0.4) is 0 Å². The molecule has 2 rings (SSSR count). The first kappa shape index (κ1) is 13.8. The summed E-state index contributed by atoms with van der Waals surface area (Å²) in [5.41, 5.74) is -3.06. The Labute approximate surface area is 109 Å². The van der Waals surface area contributed by atoms with Gasteiger partial charge in [0.05, 0.1) is 11.3 Å². The van der Waals surface area contributed by atoms with Crippen LogP contribution < -0.4 is 5.43 Å². The summed E-state index contributed by atoms with van der Waals surface area (Å²) in [6.07, 6.45) is -3.63. The molecule has 0 unspecified atom stereocenters. The van der Waals surface area contributed by atoms with Crippen LogP contribution >= 0.6 is 0 Å². The number of benzene rings is 1. The van der Waals surface area contributed by atoms with E-state index in [4.69, 9.17) is 5.11 Å². The molecule has 104 valence electrons. The van der Waals surface area contributed by atoms with Crippen molar-refractivity contribution in [3.05, 3.63) is 58.0 Å². The smallest absolute Gasteiger partial charge is 0.418 e. The molecule has 0 aliphatic heterocycles. The van der Waals surface area contributed by atoms with Gasteiger partial charge in [0.2, 0.25) is 11.1 Å². The lowest BCUT2D eigenvalue weighted by atomic mass is 10.1. The third kappa shape index (κ3) is 2.53. The fourth-order valence-corrected chi connectivity index (χ4v) is 1.60. The van der Waals surface area contributed by atoms with E-state index in [1.807, 2.05) is 0 Å². The summed E-state index contributed by atoms with van der Waals surface area (Å²) in [5.74, 6) is -1.60. The lowest BCUT2D eigenvalue weighted by molar-refractivity contribution is -0.137. The van der Waals surface area contributed by atoms with Gasteiger partial charge in [0.25, 0.3) is 0 Å². The lowest BCUT2D eigenvalue weighted by Gasteiger charge is -2.13. The average molecular weight is 284 g/mol. The zero-order valence-electron chi connectivity index (χ0n) is 9.76. The largest absolute Gasteiger partial charge is 0.476 e. The van der Waals surface area contributed by atoms with E-state index >= 15 is 0 Å². The maximum atomic E-state index is 12.9. The third-order valence-corrected chi connectivity index (χ3v) is 2.47. The molecular weight excluding hydrogens is 277 g/mol. The predicted molar refractivity (Wildman–Crippen MR) is 61.8 cm³/mol. The number of aromatic carboxylic acids is 1. The van der Waals surface area contributed by atoms with Crippen LogP contribution in [0.4, 0.5) is 13.2 Å². The summed E-state index contributed by atoms with van der Waals surface area (Å²) >= 11 is 0. The van der Waals surface area contributed by atoms with Gasteiger partial charge in [-0.1, -0.05) is 12.1 Å². The van der Waals surface area contributed by atoms with Crippen LogP contribution in [-0.2, 0) is 6.18 Å². The van der Waals surface area contributed by atoms with Gasteiger partial charge in [-0.05, 0) is 12.1 Å². The third-order valence-electron chi connectivity index (χ3n) is 2.47. The quantitative estimate of drug-likeness (QED) is 0.914. The number of alkyl halides is 3. The highest BCUT2D eigenvalue weighted by atomic mass is 19.4. The molecule has 5 nitrogen and oxygen atoms in total. The highest BCUT2D eigenvalue weighted by molar-refractivity contribution is 5.84. The van der Waals surface area contributed by atoms with Crippen LogP contribution in [0.25, 0.3) is 5.69 Å². The molecule has 0 saturated heterocycles. The normalized spacial score (nSPS) is 11.3. The van der Waals surface area contributed by atoms with E-state index < -0.39 is 28.8 Å². The van der Waals surface area contributed by atoms with Gasteiger partial charge in [-0.25, -0.2) is 9.48 Å². The van der Waals surface area contributed by atoms with Gasteiger partial charge in [-0.2, -0.15) is 18.3 Å². The fourth-order valence-electron chi connectivity index (χ4n) is 1.60. The van der Waals surface area contributed by atoms with Crippen LogP contribution in [0.1, 0.15) is 16.1 Å². The molecule has 1 aromatic heterocycles. The van der Waals surface area contributed by atoms with Gasteiger partial charge in [-0.15, -0.1) is 0 Å². The Morgan fingerprint density at radius 3 is 2.45 bits per heavy atom. The lowest BCUT2D eigenvalue weighted by Crippen LogP contribution is -2.21. The first-order valence-electron chi connectivity index (χ1n) is 5.30. The van der Waals surface area contributed by atoms with Crippen LogP contribution in [0.15, 0.2) is 41.3 Å². The van der Waals surface area contributed by atoms with E-state index in [-0.39, 0.29) is 5.69 Å². The zero-order valence-corrected chi connectivity index (χ0v) is 9.76. The molecule has 0 spiro atoms. The number of carboxylic acids is 1. The summed E-state index contributed by atoms with van der Waals surface area (Å²) in [4.78, 5) is 22.0. The summed E-state index contributed by atoms with van der Waals surface area (Å²) in [6.45, 7) is 0. The number of carbonyl (C=O) groups is 1. The van der Waals surface area contributed by atoms with E-state index in [0.717, 1.165) is 24.4 Å². The maximum Gasteiger partial charge on any atom is 0.418 e. The van der Waals surface area contributed by atoms with Crippen LogP contribution in [0, 0.1) is 0 Å². The minimum Gasteiger partial charge on any atom is -0.476 e. The molecule has 8 heteroatoms. The molecule has 1 N–H and O–H groups in total. The Morgan fingerprint density at radius 2 is 1.85 bits per heavy atom. The van der Waals surface area contributed by atoms with E-state index in [9.17, 15) is 22.8 Å².